The molecule has 1 heterocycles. The molecule has 5 nitrogen and oxygen atoms in total. The highest BCUT2D eigenvalue weighted by Gasteiger charge is 2.04. The minimum absolute atomic E-state index is 0.132. The van der Waals surface area contributed by atoms with E-state index in [1.165, 1.54) is 44.5 Å². The summed E-state index contributed by atoms with van der Waals surface area (Å²) in [7, 11) is 0. The van der Waals surface area contributed by atoms with E-state index in [2.05, 4.69) is 10.6 Å². The number of hydrogen-bond donors (Lipinski definition) is 3. The molecule has 1 fully saturated rings. The maximum atomic E-state index is 11.0. The van der Waals surface area contributed by atoms with Gasteiger partial charge in [0.05, 0.1) is 5.56 Å². The molecule has 110 valence electrons. The van der Waals surface area contributed by atoms with E-state index >= 15 is 0 Å². The number of nitrogens with one attached hydrogen (secondary N) is 2. The molecule has 0 saturated carbocycles. The average Bonchev–Trinajstić information content (AvgIpc) is 2.49. The number of carboxylic acids is 1. The topological polar surface area (TPSA) is 78.4 Å². The van der Waals surface area contributed by atoms with Gasteiger partial charge >= 0.3 is 5.97 Å². The van der Waals surface area contributed by atoms with Gasteiger partial charge in [-0.3, -0.25) is 4.79 Å². The third kappa shape index (κ3) is 6.33. The number of piperidine rings is 1. The molecular formula is C15H22N2O3. The molecule has 0 spiro atoms. The largest absolute Gasteiger partial charge is 0.478 e. The van der Waals surface area contributed by atoms with Gasteiger partial charge in [-0.25, -0.2) is 4.79 Å². The Labute approximate surface area is 119 Å². The molecule has 1 aliphatic rings. The van der Waals surface area contributed by atoms with Crippen molar-refractivity contribution >= 4 is 17.6 Å². The first-order chi connectivity index (χ1) is 9.63. The molecule has 1 amide bonds. The van der Waals surface area contributed by atoms with Crippen LogP contribution in [0.5, 0.6) is 0 Å². The number of carboxylic acid groups (broad SMARTS) is 1. The minimum Gasteiger partial charge on any atom is -0.478 e. The average molecular weight is 278 g/mol. The lowest BCUT2D eigenvalue weighted by Gasteiger charge is -2.08. The summed E-state index contributed by atoms with van der Waals surface area (Å²) in [4.78, 5) is 21.6. The summed E-state index contributed by atoms with van der Waals surface area (Å²) < 4.78 is 0. The molecule has 0 atom stereocenters. The maximum absolute atomic E-state index is 11.0. The van der Waals surface area contributed by atoms with Crippen molar-refractivity contribution in [1.29, 1.82) is 0 Å². The Kier molecular flexibility index (Phi) is 7.35. The standard InChI is InChI=1S/C10H11NO3.C5H11N/c1-2-9(12)11-8-5-3-4-7(6-8)10(13)14;1-2-4-6-5-3-1/h3-6H,2H2,1H3,(H,11,12)(H,13,14);6H,1-5H2. The Balaban J connectivity index is 0.000000276. The number of carbonyl (C=O) groups is 2. The molecule has 1 aliphatic heterocycles. The van der Waals surface area contributed by atoms with Crippen molar-refractivity contribution in [1.82, 2.24) is 5.32 Å². The van der Waals surface area contributed by atoms with Crippen LogP contribution in [0.15, 0.2) is 24.3 Å². The predicted octanol–water partition coefficient (Wildman–Crippen LogP) is 2.49. The van der Waals surface area contributed by atoms with Gasteiger partial charge in [0, 0.05) is 12.1 Å². The zero-order valence-electron chi connectivity index (χ0n) is 11.8. The van der Waals surface area contributed by atoms with E-state index in [1.807, 2.05) is 0 Å². The van der Waals surface area contributed by atoms with Crippen LogP contribution in [-0.2, 0) is 4.79 Å². The lowest BCUT2D eigenvalue weighted by Crippen LogP contribution is -2.21. The number of hydrogen-bond acceptors (Lipinski definition) is 3. The third-order valence-corrected chi connectivity index (χ3v) is 2.92. The van der Waals surface area contributed by atoms with Crippen LogP contribution in [0.25, 0.3) is 0 Å². The quantitative estimate of drug-likeness (QED) is 0.793. The molecule has 20 heavy (non-hydrogen) atoms. The van der Waals surface area contributed by atoms with E-state index in [1.54, 1.807) is 19.1 Å². The summed E-state index contributed by atoms with van der Waals surface area (Å²) in [6.07, 6.45) is 4.59. The van der Waals surface area contributed by atoms with Crippen molar-refractivity contribution in [3.63, 3.8) is 0 Å². The van der Waals surface area contributed by atoms with Crippen LogP contribution >= 0.6 is 0 Å². The van der Waals surface area contributed by atoms with Gasteiger partial charge in [0.1, 0.15) is 0 Å². The lowest BCUT2D eigenvalue weighted by molar-refractivity contribution is -0.115. The van der Waals surface area contributed by atoms with Gasteiger partial charge in [-0.1, -0.05) is 19.4 Å². The van der Waals surface area contributed by atoms with Crippen molar-refractivity contribution in [3.05, 3.63) is 29.8 Å². The second-order valence-corrected chi connectivity index (χ2v) is 4.60. The Morgan fingerprint density at radius 3 is 2.40 bits per heavy atom. The van der Waals surface area contributed by atoms with Crippen molar-refractivity contribution in [2.24, 2.45) is 0 Å². The lowest BCUT2D eigenvalue weighted by atomic mass is 10.2. The first-order valence-corrected chi connectivity index (χ1v) is 6.97. The summed E-state index contributed by atoms with van der Waals surface area (Å²) >= 11 is 0. The summed E-state index contributed by atoms with van der Waals surface area (Å²) in [5.74, 6) is -1.13. The van der Waals surface area contributed by atoms with E-state index in [0.717, 1.165) is 0 Å². The highest BCUT2D eigenvalue weighted by atomic mass is 16.4. The Bertz CT molecular complexity index is 431. The zero-order chi connectivity index (χ0) is 14.8. The van der Waals surface area contributed by atoms with Gasteiger partial charge in [0.2, 0.25) is 5.91 Å². The predicted molar refractivity (Wildman–Crippen MR) is 79.0 cm³/mol. The van der Waals surface area contributed by atoms with Crippen LogP contribution in [0.1, 0.15) is 43.0 Å². The SMILES string of the molecule is C1CCNCC1.CCC(=O)Nc1cccc(C(=O)O)c1. The van der Waals surface area contributed by atoms with Gasteiger partial charge in [-0.15, -0.1) is 0 Å². The number of anilines is 1. The van der Waals surface area contributed by atoms with Crippen LogP contribution in [0.3, 0.4) is 0 Å². The number of benzene rings is 1. The van der Waals surface area contributed by atoms with Crippen LogP contribution in [-0.4, -0.2) is 30.1 Å². The van der Waals surface area contributed by atoms with Crippen molar-refractivity contribution in [2.45, 2.75) is 32.6 Å². The molecule has 1 aromatic rings. The van der Waals surface area contributed by atoms with Crippen LogP contribution in [0.4, 0.5) is 5.69 Å². The summed E-state index contributed by atoms with van der Waals surface area (Å²) in [6, 6.07) is 6.15. The number of amides is 1. The first kappa shape index (κ1) is 16.2. The van der Waals surface area contributed by atoms with Crippen molar-refractivity contribution < 1.29 is 14.7 Å². The van der Waals surface area contributed by atoms with Crippen LogP contribution in [0, 0.1) is 0 Å². The number of aromatic carboxylic acids is 1. The molecule has 0 unspecified atom stereocenters. The highest BCUT2D eigenvalue weighted by Crippen LogP contribution is 2.10. The van der Waals surface area contributed by atoms with E-state index in [9.17, 15) is 9.59 Å². The van der Waals surface area contributed by atoms with Gasteiger partial charge < -0.3 is 15.7 Å². The van der Waals surface area contributed by atoms with Crippen LogP contribution < -0.4 is 10.6 Å². The monoisotopic (exact) mass is 278 g/mol. The molecule has 5 heteroatoms. The van der Waals surface area contributed by atoms with E-state index in [4.69, 9.17) is 5.11 Å². The van der Waals surface area contributed by atoms with E-state index in [-0.39, 0.29) is 11.5 Å². The normalized spacial score (nSPS) is 13.8. The molecule has 0 aromatic heterocycles. The molecule has 3 N–H and O–H groups in total. The summed E-state index contributed by atoms with van der Waals surface area (Å²) in [5, 5.41) is 14.6. The molecule has 2 rings (SSSR count). The third-order valence-electron chi connectivity index (χ3n) is 2.92. The van der Waals surface area contributed by atoms with E-state index in [0.29, 0.717) is 12.1 Å². The van der Waals surface area contributed by atoms with Gasteiger partial charge in [0.25, 0.3) is 0 Å². The van der Waals surface area contributed by atoms with E-state index < -0.39 is 5.97 Å². The minimum atomic E-state index is -1.00. The highest BCUT2D eigenvalue weighted by molar-refractivity contribution is 5.93. The van der Waals surface area contributed by atoms with Gasteiger partial charge in [0.15, 0.2) is 0 Å². The number of rotatable bonds is 3. The van der Waals surface area contributed by atoms with Crippen molar-refractivity contribution in [3.8, 4) is 0 Å². The summed E-state index contributed by atoms with van der Waals surface area (Å²) in [6.45, 7) is 4.23. The molecule has 1 aromatic carbocycles. The fourth-order valence-corrected chi connectivity index (χ4v) is 1.78. The molecule has 1 saturated heterocycles. The Morgan fingerprint density at radius 2 is 1.95 bits per heavy atom. The molecular weight excluding hydrogens is 256 g/mol. The number of carbonyl (C=O) groups excluding carboxylic acids is 1. The Morgan fingerprint density at radius 1 is 1.25 bits per heavy atom. The second-order valence-electron chi connectivity index (χ2n) is 4.60. The molecule has 0 radical (unpaired) electrons. The van der Waals surface area contributed by atoms with Crippen LogP contribution in [0.2, 0.25) is 0 Å². The smallest absolute Gasteiger partial charge is 0.335 e. The van der Waals surface area contributed by atoms with Gasteiger partial charge in [-0.05, 0) is 44.1 Å². The zero-order valence-corrected chi connectivity index (χ0v) is 11.8. The Hall–Kier alpha value is -1.88. The van der Waals surface area contributed by atoms with Gasteiger partial charge in [-0.2, -0.15) is 0 Å². The molecule has 0 aliphatic carbocycles. The second kappa shape index (κ2) is 9.09. The molecule has 0 bridgehead atoms. The fraction of sp³-hybridized carbons (Fsp3) is 0.467. The van der Waals surface area contributed by atoms with Crippen molar-refractivity contribution in [2.75, 3.05) is 18.4 Å². The maximum Gasteiger partial charge on any atom is 0.335 e. The fourth-order valence-electron chi connectivity index (χ4n) is 1.78. The summed E-state index contributed by atoms with van der Waals surface area (Å²) in [5.41, 5.74) is 0.677. The first-order valence-electron chi connectivity index (χ1n) is 6.97.